The van der Waals surface area contributed by atoms with Gasteiger partial charge in [-0.1, -0.05) is 20.8 Å². The zero-order valence-corrected chi connectivity index (χ0v) is 10.2. The lowest BCUT2D eigenvalue weighted by Crippen LogP contribution is -2.40. The van der Waals surface area contributed by atoms with Crippen LogP contribution in [0.2, 0.25) is 0 Å². The van der Waals surface area contributed by atoms with Crippen molar-refractivity contribution in [3.63, 3.8) is 0 Å². The molecular formula is C13H23NO. The van der Waals surface area contributed by atoms with Crippen molar-refractivity contribution < 1.29 is 4.79 Å². The van der Waals surface area contributed by atoms with Gasteiger partial charge in [0.2, 0.25) is 5.91 Å². The Morgan fingerprint density at radius 3 is 2.40 bits per heavy atom. The van der Waals surface area contributed by atoms with E-state index in [9.17, 15) is 4.79 Å². The van der Waals surface area contributed by atoms with E-state index in [0.717, 1.165) is 12.8 Å². The third kappa shape index (κ3) is 1.91. The normalized spacial score (nSPS) is 33.0. The molecule has 0 bridgehead atoms. The van der Waals surface area contributed by atoms with Gasteiger partial charge in [-0.3, -0.25) is 4.79 Å². The second kappa shape index (κ2) is 3.50. The van der Waals surface area contributed by atoms with Crippen LogP contribution in [-0.2, 0) is 4.79 Å². The molecule has 1 aliphatic heterocycles. The quantitative estimate of drug-likeness (QED) is 0.707. The molecule has 1 saturated heterocycles. The number of amides is 1. The minimum absolute atomic E-state index is 0.279. The lowest BCUT2D eigenvalue weighted by molar-refractivity contribution is -0.120. The predicted octanol–water partition coefficient (Wildman–Crippen LogP) is 2.87. The van der Waals surface area contributed by atoms with E-state index >= 15 is 0 Å². The van der Waals surface area contributed by atoms with Crippen molar-refractivity contribution in [1.82, 2.24) is 5.32 Å². The maximum absolute atomic E-state index is 11.5. The molecule has 86 valence electrons. The lowest BCUT2D eigenvalue weighted by atomic mass is 9.62. The molecule has 15 heavy (non-hydrogen) atoms. The van der Waals surface area contributed by atoms with E-state index in [4.69, 9.17) is 0 Å². The van der Waals surface area contributed by atoms with Gasteiger partial charge in [0.15, 0.2) is 0 Å². The molecule has 2 rings (SSSR count). The first-order valence-electron chi connectivity index (χ1n) is 6.27. The smallest absolute Gasteiger partial charge is 0.220 e. The van der Waals surface area contributed by atoms with Crippen molar-refractivity contribution in [1.29, 1.82) is 0 Å². The van der Waals surface area contributed by atoms with Gasteiger partial charge < -0.3 is 5.32 Å². The molecule has 0 radical (unpaired) electrons. The first-order valence-corrected chi connectivity index (χ1v) is 6.27. The van der Waals surface area contributed by atoms with Crippen molar-refractivity contribution in [3.8, 4) is 0 Å². The molecule has 0 aromatic carbocycles. The van der Waals surface area contributed by atoms with Crippen LogP contribution in [0.5, 0.6) is 0 Å². The number of rotatable bonds is 1. The molecule has 1 N–H and O–H groups in total. The maximum Gasteiger partial charge on any atom is 0.220 e. The number of carbonyl (C=O) groups excluding carboxylic acids is 1. The second-order valence-corrected chi connectivity index (χ2v) is 6.23. The number of nitrogens with one attached hydrogen (secondary N) is 1. The van der Waals surface area contributed by atoms with E-state index < -0.39 is 0 Å². The van der Waals surface area contributed by atoms with Crippen LogP contribution in [0.3, 0.4) is 0 Å². The van der Waals surface area contributed by atoms with E-state index in [-0.39, 0.29) is 5.91 Å². The van der Waals surface area contributed by atoms with Crippen LogP contribution in [0.1, 0.15) is 59.3 Å². The van der Waals surface area contributed by atoms with Gasteiger partial charge in [-0.2, -0.15) is 0 Å². The van der Waals surface area contributed by atoms with Crippen LogP contribution in [-0.4, -0.2) is 11.9 Å². The zero-order valence-electron chi connectivity index (χ0n) is 10.2. The van der Waals surface area contributed by atoms with Gasteiger partial charge in [0.1, 0.15) is 0 Å². The Balaban J connectivity index is 2.11. The predicted molar refractivity (Wildman–Crippen MR) is 61.5 cm³/mol. The fraction of sp³-hybridized carbons (Fsp3) is 0.923. The van der Waals surface area contributed by atoms with Crippen LogP contribution in [0.25, 0.3) is 0 Å². The summed E-state index contributed by atoms with van der Waals surface area (Å²) in [5, 5.41) is 3.15. The highest BCUT2D eigenvalue weighted by molar-refractivity contribution is 5.80. The Labute approximate surface area is 92.8 Å². The monoisotopic (exact) mass is 209 g/mol. The molecular weight excluding hydrogens is 186 g/mol. The average Bonchev–Trinajstić information content (AvgIpc) is 2.49. The molecule has 1 saturated carbocycles. The van der Waals surface area contributed by atoms with Gasteiger partial charge in [-0.05, 0) is 42.9 Å². The van der Waals surface area contributed by atoms with Gasteiger partial charge in [-0.15, -0.1) is 0 Å². The molecule has 2 heteroatoms. The van der Waals surface area contributed by atoms with Gasteiger partial charge >= 0.3 is 0 Å². The summed E-state index contributed by atoms with van der Waals surface area (Å²) in [7, 11) is 0. The van der Waals surface area contributed by atoms with Crippen molar-refractivity contribution in [3.05, 3.63) is 0 Å². The van der Waals surface area contributed by atoms with Crippen LogP contribution in [0, 0.1) is 10.8 Å². The highest BCUT2D eigenvalue weighted by Crippen LogP contribution is 2.51. The summed E-state index contributed by atoms with van der Waals surface area (Å²) in [5.74, 6) is 0.279. The Hall–Kier alpha value is -0.530. The van der Waals surface area contributed by atoms with Crippen LogP contribution in [0.4, 0.5) is 0 Å². The van der Waals surface area contributed by atoms with E-state index in [1.165, 1.54) is 25.7 Å². The van der Waals surface area contributed by atoms with E-state index in [0.29, 0.717) is 16.9 Å². The number of hydrogen-bond donors (Lipinski definition) is 1. The average molecular weight is 209 g/mol. The minimum atomic E-state index is 0.279. The number of hydrogen-bond acceptors (Lipinski definition) is 1. The second-order valence-electron chi connectivity index (χ2n) is 6.23. The first-order chi connectivity index (χ1) is 6.97. The lowest BCUT2D eigenvalue weighted by Gasteiger charge is -2.43. The molecule has 1 aliphatic carbocycles. The van der Waals surface area contributed by atoms with Crippen molar-refractivity contribution in [2.75, 3.05) is 0 Å². The van der Waals surface area contributed by atoms with Crippen LogP contribution < -0.4 is 5.32 Å². The summed E-state index contributed by atoms with van der Waals surface area (Å²) >= 11 is 0. The Morgan fingerprint density at radius 1 is 1.27 bits per heavy atom. The van der Waals surface area contributed by atoms with E-state index in [2.05, 4.69) is 26.1 Å². The molecule has 0 aromatic heterocycles. The molecule has 1 spiro atoms. The van der Waals surface area contributed by atoms with Gasteiger partial charge in [0.05, 0.1) is 0 Å². The van der Waals surface area contributed by atoms with Crippen LogP contribution >= 0.6 is 0 Å². The zero-order chi connectivity index (χ0) is 11.1. The summed E-state index contributed by atoms with van der Waals surface area (Å²) in [4.78, 5) is 11.5. The summed E-state index contributed by atoms with van der Waals surface area (Å²) in [6, 6.07) is 0.445. The summed E-state index contributed by atoms with van der Waals surface area (Å²) in [6.45, 7) is 6.90. The minimum Gasteiger partial charge on any atom is -0.353 e. The molecule has 1 unspecified atom stereocenters. The fourth-order valence-corrected chi connectivity index (χ4v) is 3.33. The maximum atomic E-state index is 11.5. The summed E-state index contributed by atoms with van der Waals surface area (Å²) in [6.07, 6.45) is 6.89. The first kappa shape index (κ1) is 11.0. The number of carbonyl (C=O) groups is 1. The highest BCUT2D eigenvalue weighted by Gasteiger charge is 2.48. The molecule has 2 aliphatic rings. The summed E-state index contributed by atoms with van der Waals surface area (Å²) < 4.78 is 0. The topological polar surface area (TPSA) is 29.1 Å². The van der Waals surface area contributed by atoms with Crippen molar-refractivity contribution in [2.24, 2.45) is 10.8 Å². The Kier molecular flexibility index (Phi) is 2.56. The molecule has 1 amide bonds. The third-order valence-corrected chi connectivity index (χ3v) is 4.59. The van der Waals surface area contributed by atoms with Crippen molar-refractivity contribution in [2.45, 2.75) is 65.3 Å². The molecule has 1 atom stereocenters. The molecule has 2 nitrogen and oxygen atoms in total. The molecule has 0 aromatic rings. The largest absolute Gasteiger partial charge is 0.353 e. The SMILES string of the molecule is CCC1NC(=O)CC12CCC(C)(C)CC2. The van der Waals surface area contributed by atoms with Gasteiger partial charge in [0.25, 0.3) is 0 Å². The summed E-state index contributed by atoms with van der Waals surface area (Å²) in [5.41, 5.74) is 0.802. The Bertz CT molecular complexity index is 260. The molecule has 2 fully saturated rings. The standard InChI is InChI=1S/C13H23NO/c1-4-10-13(9-11(15)14-10)7-5-12(2,3)6-8-13/h10H,4-9H2,1-3H3,(H,14,15). The molecule has 1 heterocycles. The third-order valence-electron chi connectivity index (χ3n) is 4.59. The van der Waals surface area contributed by atoms with Gasteiger partial charge in [-0.25, -0.2) is 0 Å². The fourth-order valence-electron chi connectivity index (χ4n) is 3.33. The highest BCUT2D eigenvalue weighted by atomic mass is 16.2. The van der Waals surface area contributed by atoms with Crippen molar-refractivity contribution >= 4 is 5.91 Å². The van der Waals surface area contributed by atoms with Crippen LogP contribution in [0.15, 0.2) is 0 Å². The Morgan fingerprint density at radius 2 is 1.87 bits per heavy atom. The van der Waals surface area contributed by atoms with E-state index in [1.807, 2.05) is 0 Å². The van der Waals surface area contributed by atoms with E-state index in [1.54, 1.807) is 0 Å². The van der Waals surface area contributed by atoms with Gasteiger partial charge in [0, 0.05) is 12.5 Å².